The summed E-state index contributed by atoms with van der Waals surface area (Å²) < 4.78 is 7.75. The first-order valence-corrected chi connectivity index (χ1v) is 11.6. The van der Waals surface area contributed by atoms with Crippen LogP contribution in [0, 0.1) is 0 Å². The number of rotatable bonds is 6. The lowest BCUT2D eigenvalue weighted by molar-refractivity contribution is -0.139. The second-order valence-electron chi connectivity index (χ2n) is 8.51. The molecule has 0 aliphatic carbocycles. The molecule has 4 rings (SSSR count). The summed E-state index contributed by atoms with van der Waals surface area (Å²) in [7, 11) is 1.72. The van der Waals surface area contributed by atoms with Crippen LogP contribution in [0.1, 0.15) is 45.2 Å². The second kappa shape index (κ2) is 10.2. The molecule has 0 N–H and O–H groups in total. The molecular formula is C24H35N5O2. The van der Waals surface area contributed by atoms with E-state index in [-0.39, 0.29) is 12.2 Å². The van der Waals surface area contributed by atoms with Gasteiger partial charge >= 0.3 is 0 Å². The predicted octanol–water partition coefficient (Wildman–Crippen LogP) is 3.39. The maximum absolute atomic E-state index is 13.6. The number of para-hydroxylation sites is 2. The van der Waals surface area contributed by atoms with E-state index in [4.69, 9.17) is 4.74 Å². The van der Waals surface area contributed by atoms with Crippen LogP contribution in [0.4, 0.5) is 5.69 Å². The van der Waals surface area contributed by atoms with Crippen molar-refractivity contribution in [2.45, 2.75) is 51.2 Å². The number of aromatic nitrogens is 2. The molecule has 2 aliphatic rings. The molecule has 0 radical (unpaired) electrons. The lowest BCUT2D eigenvalue weighted by atomic mass is 10.1. The van der Waals surface area contributed by atoms with Gasteiger partial charge in [-0.25, -0.2) is 4.98 Å². The van der Waals surface area contributed by atoms with Crippen LogP contribution in [-0.4, -0.2) is 71.1 Å². The summed E-state index contributed by atoms with van der Waals surface area (Å²) in [6.45, 7) is 6.38. The average molecular weight is 426 g/mol. The minimum Gasteiger partial charge on any atom is -0.495 e. The number of benzene rings is 1. The Morgan fingerprint density at radius 3 is 2.58 bits per heavy atom. The van der Waals surface area contributed by atoms with Crippen molar-refractivity contribution >= 4 is 11.6 Å². The normalized spacial score (nSPS) is 21.5. The molecule has 31 heavy (non-hydrogen) atoms. The zero-order valence-corrected chi connectivity index (χ0v) is 18.8. The second-order valence-corrected chi connectivity index (χ2v) is 8.51. The molecule has 2 fully saturated rings. The maximum atomic E-state index is 13.6. The highest BCUT2D eigenvalue weighted by Gasteiger charge is 2.37. The summed E-state index contributed by atoms with van der Waals surface area (Å²) in [5.74, 6) is 1.17. The van der Waals surface area contributed by atoms with Gasteiger partial charge in [0.2, 0.25) is 5.91 Å². The van der Waals surface area contributed by atoms with Crippen molar-refractivity contribution in [1.29, 1.82) is 0 Å². The van der Waals surface area contributed by atoms with Crippen LogP contribution < -0.4 is 9.64 Å². The van der Waals surface area contributed by atoms with Gasteiger partial charge in [0, 0.05) is 38.6 Å². The van der Waals surface area contributed by atoms with Gasteiger partial charge in [-0.05, 0) is 31.4 Å². The van der Waals surface area contributed by atoms with Gasteiger partial charge in [-0.2, -0.15) is 0 Å². The van der Waals surface area contributed by atoms with E-state index in [1.54, 1.807) is 7.11 Å². The smallest absolute Gasteiger partial charge is 0.239 e. The van der Waals surface area contributed by atoms with Crippen LogP contribution in [0.15, 0.2) is 43.0 Å². The average Bonchev–Trinajstić information content (AvgIpc) is 3.21. The Hall–Kier alpha value is -2.54. The highest BCUT2D eigenvalue weighted by molar-refractivity contribution is 5.82. The molecule has 7 heteroatoms. The molecule has 3 heterocycles. The van der Waals surface area contributed by atoms with Crippen molar-refractivity contribution in [3.8, 4) is 5.75 Å². The number of imidazole rings is 1. The van der Waals surface area contributed by atoms with Crippen LogP contribution in [0.5, 0.6) is 5.75 Å². The number of amides is 1. The van der Waals surface area contributed by atoms with Crippen molar-refractivity contribution < 1.29 is 9.53 Å². The monoisotopic (exact) mass is 425 g/mol. The van der Waals surface area contributed by atoms with Gasteiger partial charge in [0.25, 0.3) is 0 Å². The van der Waals surface area contributed by atoms with E-state index in [2.05, 4.69) is 37.2 Å². The lowest BCUT2D eigenvalue weighted by Gasteiger charge is -2.46. The predicted molar refractivity (Wildman–Crippen MR) is 122 cm³/mol. The molecular weight excluding hydrogens is 390 g/mol. The Bertz CT molecular complexity index is 832. The summed E-state index contributed by atoms with van der Waals surface area (Å²) in [5, 5.41) is 0. The van der Waals surface area contributed by atoms with E-state index in [0.717, 1.165) is 63.4 Å². The third kappa shape index (κ3) is 4.71. The highest BCUT2D eigenvalue weighted by Crippen LogP contribution is 2.33. The van der Waals surface area contributed by atoms with Gasteiger partial charge in [0.05, 0.1) is 31.7 Å². The minimum atomic E-state index is -0.106. The number of likely N-dealkylation sites (tertiary alicyclic amines) is 1. The molecule has 0 saturated carbocycles. The number of piperazine rings is 1. The number of carbonyl (C=O) groups is 1. The summed E-state index contributed by atoms with van der Waals surface area (Å²) in [6.07, 6.45) is 11.3. The van der Waals surface area contributed by atoms with E-state index >= 15 is 0 Å². The van der Waals surface area contributed by atoms with Crippen LogP contribution in [0.2, 0.25) is 0 Å². The zero-order chi connectivity index (χ0) is 21.6. The maximum Gasteiger partial charge on any atom is 0.239 e. The molecule has 0 bridgehead atoms. The summed E-state index contributed by atoms with van der Waals surface area (Å²) in [5.41, 5.74) is 1.10. The number of ether oxygens (including phenoxy) is 1. The minimum absolute atomic E-state index is 0.0436. The first-order valence-electron chi connectivity index (χ1n) is 11.6. The van der Waals surface area contributed by atoms with Crippen LogP contribution in [-0.2, 0) is 4.79 Å². The first-order chi connectivity index (χ1) is 15.2. The number of methoxy groups -OCH3 is 1. The van der Waals surface area contributed by atoms with Crippen molar-refractivity contribution in [3.05, 3.63) is 43.0 Å². The first kappa shape index (κ1) is 21.7. The third-order valence-corrected chi connectivity index (χ3v) is 6.68. The number of nitrogens with zero attached hydrogens (tertiary/aromatic N) is 5. The lowest BCUT2D eigenvalue weighted by Crippen LogP contribution is -2.58. The summed E-state index contributed by atoms with van der Waals surface area (Å²) >= 11 is 0. The zero-order valence-electron chi connectivity index (χ0n) is 18.8. The Labute approximate surface area is 185 Å². The molecule has 168 valence electrons. The van der Waals surface area contributed by atoms with Crippen LogP contribution >= 0.6 is 0 Å². The Kier molecular flexibility index (Phi) is 7.12. The van der Waals surface area contributed by atoms with E-state index < -0.39 is 0 Å². The van der Waals surface area contributed by atoms with Crippen molar-refractivity contribution in [2.24, 2.45) is 0 Å². The standard InChI is InChI=1S/C24H35N5O2/c1-3-20(24(30)26-13-8-4-5-9-14-26)29-17-16-27(18-23(29)28-15-12-25-19-28)21-10-6-7-11-22(21)31-2/h6-7,10-12,15,19-20,23H,3-5,8-9,13-14,16-18H2,1-2H3. The third-order valence-electron chi connectivity index (χ3n) is 6.68. The SMILES string of the molecule is CCC(C(=O)N1CCCCCC1)N1CCN(c2ccccc2OC)CC1n1ccnc1. The number of carbonyl (C=O) groups excluding carboxylic acids is 1. The molecule has 0 spiro atoms. The van der Waals surface area contributed by atoms with Crippen molar-refractivity contribution in [1.82, 2.24) is 19.4 Å². The fourth-order valence-electron chi connectivity index (χ4n) is 5.02. The Morgan fingerprint density at radius 2 is 1.90 bits per heavy atom. The molecule has 2 unspecified atom stereocenters. The van der Waals surface area contributed by atoms with Gasteiger partial charge in [-0.15, -0.1) is 0 Å². The van der Waals surface area contributed by atoms with E-state index in [1.165, 1.54) is 12.8 Å². The molecule has 2 saturated heterocycles. The van der Waals surface area contributed by atoms with Gasteiger partial charge < -0.3 is 19.1 Å². The molecule has 2 aliphatic heterocycles. The quantitative estimate of drug-likeness (QED) is 0.710. The van der Waals surface area contributed by atoms with Gasteiger partial charge in [0.15, 0.2) is 0 Å². The summed E-state index contributed by atoms with van der Waals surface area (Å²) in [6, 6.07) is 8.06. The fraction of sp³-hybridized carbons (Fsp3) is 0.583. The molecule has 2 aromatic rings. The van der Waals surface area contributed by atoms with E-state index in [9.17, 15) is 4.79 Å². The molecule has 2 atom stereocenters. The van der Waals surface area contributed by atoms with E-state index in [1.807, 2.05) is 36.9 Å². The van der Waals surface area contributed by atoms with Crippen LogP contribution in [0.3, 0.4) is 0 Å². The number of hydrogen-bond acceptors (Lipinski definition) is 5. The Morgan fingerprint density at radius 1 is 1.13 bits per heavy atom. The Balaban J connectivity index is 1.58. The number of anilines is 1. The van der Waals surface area contributed by atoms with Crippen molar-refractivity contribution in [2.75, 3.05) is 44.7 Å². The van der Waals surface area contributed by atoms with E-state index in [0.29, 0.717) is 5.91 Å². The van der Waals surface area contributed by atoms with Gasteiger partial charge in [-0.1, -0.05) is 31.9 Å². The van der Waals surface area contributed by atoms with Crippen molar-refractivity contribution in [3.63, 3.8) is 0 Å². The van der Waals surface area contributed by atoms with Gasteiger partial charge in [-0.3, -0.25) is 9.69 Å². The summed E-state index contributed by atoms with van der Waals surface area (Å²) in [4.78, 5) is 24.7. The molecule has 7 nitrogen and oxygen atoms in total. The van der Waals surface area contributed by atoms with Crippen LogP contribution in [0.25, 0.3) is 0 Å². The van der Waals surface area contributed by atoms with Gasteiger partial charge in [0.1, 0.15) is 11.9 Å². The molecule has 1 aromatic carbocycles. The number of hydrogen-bond donors (Lipinski definition) is 0. The molecule has 1 amide bonds. The fourth-order valence-corrected chi connectivity index (χ4v) is 5.02. The highest BCUT2D eigenvalue weighted by atomic mass is 16.5. The molecule has 1 aromatic heterocycles. The topological polar surface area (TPSA) is 53.8 Å². The largest absolute Gasteiger partial charge is 0.495 e.